The predicted octanol–water partition coefficient (Wildman–Crippen LogP) is 3.38. The van der Waals surface area contributed by atoms with E-state index in [1.807, 2.05) is 50.2 Å². The van der Waals surface area contributed by atoms with Crippen molar-refractivity contribution in [3.05, 3.63) is 71.5 Å². The van der Waals surface area contributed by atoms with Gasteiger partial charge in [-0.15, -0.1) is 0 Å². The molecule has 0 aliphatic carbocycles. The van der Waals surface area contributed by atoms with Crippen LogP contribution in [0.5, 0.6) is 0 Å². The molecule has 3 rings (SSSR count). The first-order valence-electron chi connectivity index (χ1n) is 7.05. The Labute approximate surface area is 128 Å². The number of hydrogen-bond donors (Lipinski definition) is 1. The molecule has 0 aliphatic heterocycles. The number of aromatic nitrogens is 1. The van der Waals surface area contributed by atoms with E-state index in [1.165, 1.54) is 0 Å². The Kier molecular flexibility index (Phi) is 3.51. The van der Waals surface area contributed by atoms with Gasteiger partial charge >= 0.3 is 0 Å². The van der Waals surface area contributed by atoms with Gasteiger partial charge in [0.25, 0.3) is 11.7 Å². The number of carbonyl (C=O) groups is 2. The summed E-state index contributed by atoms with van der Waals surface area (Å²) in [6.07, 6.45) is 1.79. The lowest BCUT2D eigenvalue weighted by molar-refractivity contribution is -0.112. The molecule has 0 aliphatic rings. The monoisotopic (exact) mass is 292 g/mol. The Hall–Kier alpha value is -2.88. The quantitative estimate of drug-likeness (QED) is 0.594. The van der Waals surface area contributed by atoms with Crippen molar-refractivity contribution < 1.29 is 9.59 Å². The first-order valence-corrected chi connectivity index (χ1v) is 7.05. The van der Waals surface area contributed by atoms with E-state index in [1.54, 1.807) is 22.7 Å². The number of fused-ring (bicyclic) bond motifs is 1. The SMILES string of the molecule is Cc1ccc(NC(=O)C(=O)c2c(C)cc3ccccn23)cc1. The second kappa shape index (κ2) is 5.48. The van der Waals surface area contributed by atoms with Crippen molar-refractivity contribution in [2.75, 3.05) is 5.32 Å². The third-order valence-electron chi connectivity index (χ3n) is 3.60. The van der Waals surface area contributed by atoms with Gasteiger partial charge in [0.05, 0.1) is 0 Å². The summed E-state index contributed by atoms with van der Waals surface area (Å²) in [5.74, 6) is -1.17. The summed E-state index contributed by atoms with van der Waals surface area (Å²) < 4.78 is 1.74. The van der Waals surface area contributed by atoms with Crippen LogP contribution in [0.15, 0.2) is 54.7 Å². The van der Waals surface area contributed by atoms with Gasteiger partial charge in [0.2, 0.25) is 0 Å². The van der Waals surface area contributed by atoms with Gasteiger partial charge in [-0.25, -0.2) is 0 Å². The second-order valence-electron chi connectivity index (χ2n) is 5.32. The van der Waals surface area contributed by atoms with E-state index in [9.17, 15) is 9.59 Å². The van der Waals surface area contributed by atoms with E-state index in [0.29, 0.717) is 11.4 Å². The smallest absolute Gasteiger partial charge is 0.298 e. The average molecular weight is 292 g/mol. The van der Waals surface area contributed by atoms with Gasteiger partial charge in [-0.3, -0.25) is 9.59 Å². The molecule has 0 unspecified atom stereocenters. The fourth-order valence-electron chi connectivity index (χ4n) is 2.48. The Morgan fingerprint density at radius 1 is 1.00 bits per heavy atom. The number of ketones is 1. The molecular formula is C18H16N2O2. The van der Waals surface area contributed by atoms with Crippen molar-refractivity contribution in [2.24, 2.45) is 0 Å². The molecule has 0 bridgehead atoms. The zero-order valence-electron chi connectivity index (χ0n) is 12.5. The van der Waals surface area contributed by atoms with Crippen LogP contribution >= 0.6 is 0 Å². The second-order valence-corrected chi connectivity index (χ2v) is 5.32. The summed E-state index contributed by atoms with van der Waals surface area (Å²) in [6, 6.07) is 14.9. The van der Waals surface area contributed by atoms with E-state index in [-0.39, 0.29) is 0 Å². The number of Topliss-reactive ketones (excluding diaryl/α,β-unsaturated/α-hetero) is 1. The maximum Gasteiger partial charge on any atom is 0.298 e. The van der Waals surface area contributed by atoms with Crippen LogP contribution in [-0.2, 0) is 4.79 Å². The minimum atomic E-state index is -0.629. The lowest BCUT2D eigenvalue weighted by Gasteiger charge is -2.06. The highest BCUT2D eigenvalue weighted by Gasteiger charge is 2.22. The molecule has 0 saturated heterocycles. The molecule has 2 aromatic heterocycles. The molecule has 1 amide bonds. The van der Waals surface area contributed by atoms with Gasteiger partial charge in [0, 0.05) is 17.4 Å². The van der Waals surface area contributed by atoms with E-state index in [0.717, 1.165) is 16.6 Å². The summed E-state index contributed by atoms with van der Waals surface area (Å²) >= 11 is 0. The number of anilines is 1. The third kappa shape index (κ3) is 2.51. The summed E-state index contributed by atoms with van der Waals surface area (Å²) in [5.41, 5.74) is 3.79. The number of nitrogens with one attached hydrogen (secondary N) is 1. The molecule has 0 radical (unpaired) electrons. The van der Waals surface area contributed by atoms with Crippen LogP contribution in [0.25, 0.3) is 5.52 Å². The Morgan fingerprint density at radius 2 is 1.73 bits per heavy atom. The van der Waals surface area contributed by atoms with Crippen molar-refractivity contribution in [2.45, 2.75) is 13.8 Å². The first-order chi connectivity index (χ1) is 10.6. The van der Waals surface area contributed by atoms with Crippen LogP contribution in [0.3, 0.4) is 0 Å². The number of carbonyl (C=O) groups excluding carboxylic acids is 2. The summed E-state index contributed by atoms with van der Waals surface area (Å²) in [5, 5.41) is 2.65. The number of rotatable bonds is 3. The molecule has 0 atom stereocenters. The van der Waals surface area contributed by atoms with Crippen LogP contribution in [0.2, 0.25) is 0 Å². The Balaban J connectivity index is 1.90. The predicted molar refractivity (Wildman–Crippen MR) is 86.3 cm³/mol. The first kappa shape index (κ1) is 14.1. The number of hydrogen-bond acceptors (Lipinski definition) is 2. The van der Waals surface area contributed by atoms with Crippen LogP contribution < -0.4 is 5.32 Å². The van der Waals surface area contributed by atoms with E-state index < -0.39 is 11.7 Å². The Bertz CT molecular complexity index is 860. The number of aryl methyl sites for hydroxylation is 2. The number of nitrogens with zero attached hydrogens (tertiary/aromatic N) is 1. The molecule has 1 aromatic carbocycles. The molecule has 0 spiro atoms. The van der Waals surface area contributed by atoms with Crippen LogP contribution in [-0.4, -0.2) is 16.1 Å². The van der Waals surface area contributed by atoms with Gasteiger partial charge in [0.1, 0.15) is 5.69 Å². The fourth-order valence-corrected chi connectivity index (χ4v) is 2.48. The molecule has 0 fully saturated rings. The summed E-state index contributed by atoms with van der Waals surface area (Å²) in [7, 11) is 0. The standard InChI is InChI=1S/C18H16N2O2/c1-12-6-8-14(9-7-12)19-18(22)17(21)16-13(2)11-15-5-3-4-10-20(15)16/h3-11H,1-2H3,(H,19,22). The lowest BCUT2D eigenvalue weighted by Crippen LogP contribution is -2.24. The summed E-state index contributed by atoms with van der Waals surface area (Å²) in [6.45, 7) is 3.80. The molecule has 4 nitrogen and oxygen atoms in total. The highest BCUT2D eigenvalue weighted by molar-refractivity contribution is 6.46. The van der Waals surface area contributed by atoms with Crippen LogP contribution in [0.1, 0.15) is 21.6 Å². The number of amides is 1. The van der Waals surface area contributed by atoms with E-state index in [2.05, 4.69) is 5.32 Å². The maximum absolute atomic E-state index is 12.5. The highest BCUT2D eigenvalue weighted by Crippen LogP contribution is 2.17. The number of benzene rings is 1. The van der Waals surface area contributed by atoms with Crippen LogP contribution in [0, 0.1) is 13.8 Å². The molecule has 110 valence electrons. The highest BCUT2D eigenvalue weighted by atomic mass is 16.2. The molecule has 22 heavy (non-hydrogen) atoms. The maximum atomic E-state index is 12.5. The van der Waals surface area contributed by atoms with E-state index >= 15 is 0 Å². The fraction of sp³-hybridized carbons (Fsp3) is 0.111. The van der Waals surface area contributed by atoms with Gasteiger partial charge in [-0.05, 0) is 49.7 Å². The molecule has 2 heterocycles. The van der Waals surface area contributed by atoms with Crippen molar-refractivity contribution in [3.63, 3.8) is 0 Å². The van der Waals surface area contributed by atoms with Gasteiger partial charge in [-0.2, -0.15) is 0 Å². The third-order valence-corrected chi connectivity index (χ3v) is 3.60. The molecule has 1 N–H and O–H groups in total. The van der Waals surface area contributed by atoms with Gasteiger partial charge in [0.15, 0.2) is 0 Å². The minimum absolute atomic E-state index is 0.403. The zero-order valence-corrected chi connectivity index (χ0v) is 12.5. The normalized spacial score (nSPS) is 10.6. The average Bonchev–Trinajstić information content (AvgIpc) is 2.84. The van der Waals surface area contributed by atoms with Crippen molar-refractivity contribution >= 4 is 22.9 Å². The van der Waals surface area contributed by atoms with E-state index in [4.69, 9.17) is 0 Å². The topological polar surface area (TPSA) is 50.6 Å². The van der Waals surface area contributed by atoms with Gasteiger partial charge < -0.3 is 9.72 Å². The molecule has 3 aromatic rings. The van der Waals surface area contributed by atoms with Crippen molar-refractivity contribution in [1.82, 2.24) is 4.40 Å². The largest absolute Gasteiger partial charge is 0.319 e. The van der Waals surface area contributed by atoms with Crippen LogP contribution in [0.4, 0.5) is 5.69 Å². The number of pyridine rings is 1. The van der Waals surface area contributed by atoms with Crippen molar-refractivity contribution in [1.29, 1.82) is 0 Å². The zero-order chi connectivity index (χ0) is 15.7. The lowest BCUT2D eigenvalue weighted by atomic mass is 10.1. The Morgan fingerprint density at radius 3 is 2.45 bits per heavy atom. The minimum Gasteiger partial charge on any atom is -0.319 e. The van der Waals surface area contributed by atoms with Gasteiger partial charge in [-0.1, -0.05) is 23.8 Å². The molecular weight excluding hydrogens is 276 g/mol. The molecule has 0 saturated carbocycles. The summed E-state index contributed by atoms with van der Waals surface area (Å²) in [4.78, 5) is 24.7. The molecule has 4 heteroatoms. The van der Waals surface area contributed by atoms with Crippen molar-refractivity contribution in [3.8, 4) is 0 Å².